The van der Waals surface area contributed by atoms with E-state index < -0.39 is 0 Å². The highest BCUT2D eigenvalue weighted by Gasteiger charge is 2.21. The Labute approximate surface area is 98.9 Å². The van der Waals surface area contributed by atoms with E-state index >= 15 is 0 Å². The molecule has 1 aromatic carbocycles. The molecule has 2 aromatic rings. The average Bonchev–Trinajstić information content (AvgIpc) is 2.82. The summed E-state index contributed by atoms with van der Waals surface area (Å²) in [6, 6.07) is 4.59. The predicted molar refractivity (Wildman–Crippen MR) is 65.1 cm³/mol. The Bertz CT molecular complexity index is 562. The fraction of sp³-hybridized carbons (Fsp3) is 0.385. The molecule has 2 N–H and O–H groups in total. The zero-order valence-corrected chi connectivity index (χ0v) is 9.49. The maximum Gasteiger partial charge on any atom is 0.220 e. The van der Waals surface area contributed by atoms with Crippen LogP contribution in [0.2, 0.25) is 0 Å². The summed E-state index contributed by atoms with van der Waals surface area (Å²) in [6.45, 7) is 0. The largest absolute Gasteiger partial charge is 0.368 e. The SMILES string of the molecule is Nc1nc(C2CCCC2)c2cc(F)ccc2n1. The standard InChI is InChI=1S/C13H14FN3/c14-9-5-6-11-10(7-9)12(17-13(15)16-11)8-3-1-2-4-8/h5-8H,1-4H2,(H2,15,16,17). The van der Waals surface area contributed by atoms with Crippen molar-refractivity contribution < 1.29 is 4.39 Å². The molecule has 0 atom stereocenters. The summed E-state index contributed by atoms with van der Waals surface area (Å²) in [5.74, 6) is 0.445. The molecular weight excluding hydrogens is 217 g/mol. The number of nitrogens with two attached hydrogens (primary N) is 1. The lowest BCUT2D eigenvalue weighted by Crippen LogP contribution is -2.04. The van der Waals surface area contributed by atoms with Gasteiger partial charge in [-0.15, -0.1) is 0 Å². The Morgan fingerprint density at radius 1 is 1.18 bits per heavy atom. The number of hydrogen-bond acceptors (Lipinski definition) is 3. The third-order valence-electron chi connectivity index (χ3n) is 3.45. The fourth-order valence-electron chi connectivity index (χ4n) is 2.65. The highest BCUT2D eigenvalue weighted by atomic mass is 19.1. The van der Waals surface area contributed by atoms with Crippen molar-refractivity contribution in [3.05, 3.63) is 29.7 Å². The van der Waals surface area contributed by atoms with Gasteiger partial charge in [0, 0.05) is 11.3 Å². The Balaban J connectivity index is 2.23. The second-order valence-electron chi connectivity index (χ2n) is 4.61. The van der Waals surface area contributed by atoms with Gasteiger partial charge in [-0.05, 0) is 31.0 Å². The van der Waals surface area contributed by atoms with Gasteiger partial charge in [-0.2, -0.15) is 0 Å². The minimum atomic E-state index is -0.245. The Hall–Kier alpha value is -1.71. The van der Waals surface area contributed by atoms with Gasteiger partial charge in [0.05, 0.1) is 11.2 Å². The van der Waals surface area contributed by atoms with Gasteiger partial charge in [-0.1, -0.05) is 12.8 Å². The summed E-state index contributed by atoms with van der Waals surface area (Å²) in [7, 11) is 0. The van der Waals surface area contributed by atoms with Crippen LogP contribution in [0.5, 0.6) is 0 Å². The minimum Gasteiger partial charge on any atom is -0.368 e. The molecule has 1 aromatic heterocycles. The lowest BCUT2D eigenvalue weighted by Gasteiger charge is -2.12. The molecule has 4 heteroatoms. The molecule has 0 amide bonds. The number of aromatic nitrogens is 2. The summed E-state index contributed by atoms with van der Waals surface area (Å²) in [5, 5.41) is 0.811. The molecule has 17 heavy (non-hydrogen) atoms. The van der Waals surface area contributed by atoms with Crippen LogP contribution in [0.4, 0.5) is 10.3 Å². The van der Waals surface area contributed by atoms with Crippen LogP contribution in [-0.4, -0.2) is 9.97 Å². The molecule has 1 fully saturated rings. The molecule has 0 spiro atoms. The van der Waals surface area contributed by atoms with Gasteiger partial charge >= 0.3 is 0 Å². The maximum atomic E-state index is 13.3. The average molecular weight is 231 g/mol. The monoisotopic (exact) mass is 231 g/mol. The van der Waals surface area contributed by atoms with Crippen LogP contribution < -0.4 is 5.73 Å². The smallest absolute Gasteiger partial charge is 0.220 e. The van der Waals surface area contributed by atoms with E-state index in [0.29, 0.717) is 5.92 Å². The minimum absolute atomic E-state index is 0.245. The van der Waals surface area contributed by atoms with Gasteiger partial charge in [0.15, 0.2) is 0 Å². The summed E-state index contributed by atoms with van der Waals surface area (Å²) >= 11 is 0. The first-order chi connectivity index (χ1) is 8.24. The van der Waals surface area contributed by atoms with Gasteiger partial charge in [-0.3, -0.25) is 0 Å². The molecule has 0 bridgehead atoms. The zero-order valence-electron chi connectivity index (χ0n) is 9.49. The van der Waals surface area contributed by atoms with Gasteiger partial charge < -0.3 is 5.73 Å². The van der Waals surface area contributed by atoms with Crippen LogP contribution in [0.15, 0.2) is 18.2 Å². The van der Waals surface area contributed by atoms with Crippen molar-refractivity contribution in [2.24, 2.45) is 0 Å². The first kappa shape index (κ1) is 10.4. The molecule has 3 nitrogen and oxygen atoms in total. The van der Waals surface area contributed by atoms with Gasteiger partial charge in [0.1, 0.15) is 5.82 Å². The van der Waals surface area contributed by atoms with Crippen molar-refractivity contribution in [3.8, 4) is 0 Å². The molecular formula is C13H14FN3. The zero-order chi connectivity index (χ0) is 11.8. The van der Waals surface area contributed by atoms with E-state index in [4.69, 9.17) is 5.73 Å². The Morgan fingerprint density at radius 3 is 2.71 bits per heavy atom. The number of benzene rings is 1. The second-order valence-corrected chi connectivity index (χ2v) is 4.61. The van der Waals surface area contributed by atoms with Crippen LogP contribution >= 0.6 is 0 Å². The maximum absolute atomic E-state index is 13.3. The summed E-state index contributed by atoms with van der Waals surface area (Å²) < 4.78 is 13.3. The molecule has 0 radical (unpaired) electrons. The molecule has 0 saturated heterocycles. The highest BCUT2D eigenvalue weighted by Crippen LogP contribution is 2.36. The molecule has 0 aliphatic heterocycles. The summed E-state index contributed by atoms with van der Waals surface area (Å²) in [5.41, 5.74) is 7.37. The van der Waals surface area contributed by atoms with Crippen molar-refractivity contribution >= 4 is 16.9 Å². The number of rotatable bonds is 1. The first-order valence-electron chi connectivity index (χ1n) is 5.97. The van der Waals surface area contributed by atoms with E-state index in [2.05, 4.69) is 9.97 Å². The second kappa shape index (κ2) is 3.95. The Kier molecular flexibility index (Phi) is 2.42. The van der Waals surface area contributed by atoms with Crippen LogP contribution in [0.1, 0.15) is 37.3 Å². The number of nitrogen functional groups attached to an aromatic ring is 1. The Morgan fingerprint density at radius 2 is 1.94 bits per heavy atom. The van der Waals surface area contributed by atoms with Crippen molar-refractivity contribution in [1.29, 1.82) is 0 Å². The van der Waals surface area contributed by atoms with Gasteiger partial charge in [-0.25, -0.2) is 14.4 Å². The van der Waals surface area contributed by atoms with E-state index in [0.717, 1.165) is 29.4 Å². The van der Waals surface area contributed by atoms with E-state index in [1.165, 1.54) is 25.0 Å². The lowest BCUT2D eigenvalue weighted by molar-refractivity contribution is 0.628. The number of fused-ring (bicyclic) bond motifs is 1. The molecule has 1 aliphatic carbocycles. The molecule has 1 heterocycles. The first-order valence-corrected chi connectivity index (χ1v) is 5.97. The van der Waals surface area contributed by atoms with Crippen LogP contribution in [-0.2, 0) is 0 Å². The lowest BCUT2D eigenvalue weighted by atomic mass is 9.99. The highest BCUT2D eigenvalue weighted by molar-refractivity contribution is 5.82. The number of nitrogens with zero attached hydrogens (tertiary/aromatic N) is 2. The summed E-state index contributed by atoms with van der Waals surface area (Å²) in [4.78, 5) is 8.47. The fourth-order valence-corrected chi connectivity index (χ4v) is 2.65. The topological polar surface area (TPSA) is 51.8 Å². The van der Waals surface area contributed by atoms with E-state index in [-0.39, 0.29) is 11.8 Å². The number of halogens is 1. The van der Waals surface area contributed by atoms with E-state index in [1.807, 2.05) is 0 Å². The van der Waals surface area contributed by atoms with Gasteiger partial charge in [0.2, 0.25) is 5.95 Å². The molecule has 1 aliphatic rings. The van der Waals surface area contributed by atoms with E-state index in [1.54, 1.807) is 6.07 Å². The molecule has 88 valence electrons. The molecule has 1 saturated carbocycles. The molecule has 0 unspecified atom stereocenters. The van der Waals surface area contributed by atoms with Crippen LogP contribution in [0.25, 0.3) is 10.9 Å². The third kappa shape index (κ3) is 1.84. The predicted octanol–water partition coefficient (Wildman–Crippen LogP) is 3.01. The van der Waals surface area contributed by atoms with E-state index in [9.17, 15) is 4.39 Å². The molecule has 3 rings (SSSR count). The van der Waals surface area contributed by atoms with Crippen molar-refractivity contribution in [3.63, 3.8) is 0 Å². The normalized spacial score (nSPS) is 16.8. The van der Waals surface area contributed by atoms with Crippen LogP contribution in [0, 0.1) is 5.82 Å². The summed E-state index contributed by atoms with van der Waals surface area (Å²) in [6.07, 6.45) is 4.65. The van der Waals surface area contributed by atoms with Gasteiger partial charge in [0.25, 0.3) is 0 Å². The van der Waals surface area contributed by atoms with Crippen LogP contribution in [0.3, 0.4) is 0 Å². The quantitative estimate of drug-likeness (QED) is 0.820. The number of anilines is 1. The third-order valence-corrected chi connectivity index (χ3v) is 3.45. The van der Waals surface area contributed by atoms with Crippen molar-refractivity contribution in [2.75, 3.05) is 5.73 Å². The van der Waals surface area contributed by atoms with Crippen molar-refractivity contribution in [1.82, 2.24) is 9.97 Å². The van der Waals surface area contributed by atoms with Crippen molar-refractivity contribution in [2.45, 2.75) is 31.6 Å². The number of hydrogen-bond donors (Lipinski definition) is 1.